The second-order valence-corrected chi connectivity index (χ2v) is 6.88. The van der Waals surface area contributed by atoms with Gasteiger partial charge in [-0.2, -0.15) is 0 Å². The molecule has 2 amide bonds. The van der Waals surface area contributed by atoms with Crippen LogP contribution in [0.15, 0.2) is 59.3 Å². The predicted molar refractivity (Wildman–Crippen MR) is 105 cm³/mol. The van der Waals surface area contributed by atoms with Crippen molar-refractivity contribution in [2.45, 2.75) is 19.4 Å². The van der Waals surface area contributed by atoms with Gasteiger partial charge in [-0.3, -0.25) is 9.59 Å². The Morgan fingerprint density at radius 2 is 1.79 bits per heavy atom. The largest absolute Gasteiger partial charge is 0.443 e. The van der Waals surface area contributed by atoms with Crippen molar-refractivity contribution < 1.29 is 18.4 Å². The Morgan fingerprint density at radius 1 is 1.07 bits per heavy atom. The van der Waals surface area contributed by atoms with E-state index in [1.807, 2.05) is 4.90 Å². The molecule has 1 fully saturated rings. The van der Waals surface area contributed by atoms with E-state index in [1.165, 1.54) is 18.5 Å². The molecule has 3 aromatic rings. The maximum Gasteiger partial charge on any atom is 0.274 e. The molecular formula is C22H20FN3O3. The molecule has 0 unspecified atom stereocenters. The van der Waals surface area contributed by atoms with Crippen LogP contribution in [0, 0.1) is 5.82 Å². The topological polar surface area (TPSA) is 75.4 Å². The molecule has 7 heteroatoms. The summed E-state index contributed by atoms with van der Waals surface area (Å²) in [7, 11) is 0. The van der Waals surface area contributed by atoms with Gasteiger partial charge in [-0.1, -0.05) is 30.3 Å². The fraction of sp³-hybridized carbons (Fsp3) is 0.227. The third kappa shape index (κ3) is 4.03. The lowest BCUT2D eigenvalue weighted by atomic mass is 10.0. The van der Waals surface area contributed by atoms with Crippen LogP contribution in [0.1, 0.15) is 39.3 Å². The average Bonchev–Trinajstić information content (AvgIpc) is 3.45. The van der Waals surface area contributed by atoms with Gasteiger partial charge in [0.15, 0.2) is 17.8 Å². The fourth-order valence-electron chi connectivity index (χ4n) is 3.43. The third-order valence-corrected chi connectivity index (χ3v) is 4.94. The number of halogens is 1. The summed E-state index contributed by atoms with van der Waals surface area (Å²) in [5, 5.41) is 2.76. The van der Waals surface area contributed by atoms with Crippen molar-refractivity contribution in [3.8, 4) is 11.3 Å². The van der Waals surface area contributed by atoms with Crippen LogP contribution < -0.4 is 5.32 Å². The standard InChI is InChI=1S/C22H20FN3O3/c23-16-9-7-15(8-10-16)13-24-21(27)19-20(29-14-25-19)17-5-1-2-6-18(17)22(28)26-11-3-4-12-26/h1-2,5-10,14H,3-4,11-13H2,(H,24,27). The number of rotatable bonds is 5. The van der Waals surface area contributed by atoms with E-state index < -0.39 is 5.91 Å². The molecule has 0 saturated carbocycles. The second-order valence-electron chi connectivity index (χ2n) is 6.88. The first-order valence-corrected chi connectivity index (χ1v) is 9.48. The van der Waals surface area contributed by atoms with Crippen LogP contribution >= 0.6 is 0 Å². The number of oxazole rings is 1. The van der Waals surface area contributed by atoms with Crippen LogP contribution in [0.3, 0.4) is 0 Å². The highest BCUT2D eigenvalue weighted by Crippen LogP contribution is 2.28. The Kier molecular flexibility index (Phi) is 5.37. The number of likely N-dealkylation sites (tertiary alicyclic amines) is 1. The first-order chi connectivity index (χ1) is 14.1. The van der Waals surface area contributed by atoms with Gasteiger partial charge >= 0.3 is 0 Å². The van der Waals surface area contributed by atoms with E-state index in [0.717, 1.165) is 31.5 Å². The first-order valence-electron chi connectivity index (χ1n) is 9.48. The molecule has 0 aliphatic carbocycles. The van der Waals surface area contributed by atoms with Crippen molar-refractivity contribution in [2.75, 3.05) is 13.1 Å². The molecule has 2 heterocycles. The molecule has 4 rings (SSSR count). The summed E-state index contributed by atoms with van der Waals surface area (Å²) in [6, 6.07) is 12.9. The Labute approximate surface area is 167 Å². The molecule has 1 saturated heterocycles. The maximum atomic E-state index is 13.0. The van der Waals surface area contributed by atoms with Crippen molar-refractivity contribution in [3.63, 3.8) is 0 Å². The summed E-state index contributed by atoms with van der Waals surface area (Å²) < 4.78 is 18.5. The summed E-state index contributed by atoms with van der Waals surface area (Å²) in [4.78, 5) is 31.5. The van der Waals surface area contributed by atoms with E-state index in [9.17, 15) is 14.0 Å². The maximum absolute atomic E-state index is 13.0. The van der Waals surface area contributed by atoms with Crippen molar-refractivity contribution >= 4 is 11.8 Å². The number of benzene rings is 2. The van der Waals surface area contributed by atoms with E-state index >= 15 is 0 Å². The monoisotopic (exact) mass is 393 g/mol. The van der Waals surface area contributed by atoms with Crippen LogP contribution in [0.25, 0.3) is 11.3 Å². The van der Waals surface area contributed by atoms with E-state index in [-0.39, 0.29) is 29.7 Å². The first kappa shape index (κ1) is 18.9. The highest BCUT2D eigenvalue weighted by molar-refractivity contribution is 6.04. The van der Waals surface area contributed by atoms with Gasteiger partial charge in [-0.05, 0) is 36.6 Å². The molecule has 0 atom stereocenters. The Balaban J connectivity index is 1.57. The van der Waals surface area contributed by atoms with Crippen molar-refractivity contribution in [1.82, 2.24) is 15.2 Å². The highest BCUT2D eigenvalue weighted by Gasteiger charge is 2.26. The molecule has 1 aliphatic rings. The van der Waals surface area contributed by atoms with Crippen LogP contribution in [-0.2, 0) is 6.54 Å². The Hall–Kier alpha value is -3.48. The van der Waals surface area contributed by atoms with Crippen LogP contribution in [0.2, 0.25) is 0 Å². The van der Waals surface area contributed by atoms with Crippen molar-refractivity contribution in [3.05, 3.63) is 77.6 Å². The minimum atomic E-state index is -0.429. The predicted octanol–water partition coefficient (Wildman–Crippen LogP) is 3.65. The fourth-order valence-corrected chi connectivity index (χ4v) is 3.43. The SMILES string of the molecule is O=C(NCc1ccc(F)cc1)c1ncoc1-c1ccccc1C(=O)N1CCCC1. The molecule has 0 radical (unpaired) electrons. The molecule has 2 aromatic carbocycles. The number of hydrogen-bond donors (Lipinski definition) is 1. The van der Waals surface area contributed by atoms with Gasteiger partial charge in [0.1, 0.15) is 5.82 Å². The second kappa shape index (κ2) is 8.26. The molecule has 0 bridgehead atoms. The zero-order chi connectivity index (χ0) is 20.2. The molecule has 148 valence electrons. The Morgan fingerprint density at radius 3 is 2.55 bits per heavy atom. The van der Waals surface area contributed by atoms with E-state index in [2.05, 4.69) is 10.3 Å². The lowest BCUT2D eigenvalue weighted by Crippen LogP contribution is -2.28. The van der Waals surface area contributed by atoms with Crippen molar-refractivity contribution in [1.29, 1.82) is 0 Å². The van der Waals surface area contributed by atoms with E-state index in [0.29, 0.717) is 11.1 Å². The lowest BCUT2D eigenvalue weighted by molar-refractivity contribution is 0.0792. The molecule has 1 aliphatic heterocycles. The molecule has 6 nitrogen and oxygen atoms in total. The zero-order valence-corrected chi connectivity index (χ0v) is 15.7. The van der Waals surface area contributed by atoms with Gasteiger partial charge < -0.3 is 14.6 Å². The summed E-state index contributed by atoms with van der Waals surface area (Å²) >= 11 is 0. The zero-order valence-electron chi connectivity index (χ0n) is 15.7. The van der Waals surface area contributed by atoms with Gasteiger partial charge in [0, 0.05) is 25.2 Å². The summed E-state index contributed by atoms with van der Waals surface area (Å²) in [6.45, 7) is 1.68. The molecular weight excluding hydrogens is 373 g/mol. The van der Waals surface area contributed by atoms with Crippen LogP contribution in [0.4, 0.5) is 4.39 Å². The Bertz CT molecular complexity index is 1020. The third-order valence-electron chi connectivity index (χ3n) is 4.94. The average molecular weight is 393 g/mol. The van der Waals surface area contributed by atoms with Crippen molar-refractivity contribution in [2.24, 2.45) is 0 Å². The summed E-state index contributed by atoms with van der Waals surface area (Å²) in [6.07, 6.45) is 3.18. The summed E-state index contributed by atoms with van der Waals surface area (Å²) in [5.74, 6) is -0.587. The minimum Gasteiger partial charge on any atom is -0.443 e. The lowest BCUT2D eigenvalue weighted by Gasteiger charge is -2.17. The number of carbonyl (C=O) groups is 2. The van der Waals surface area contributed by atoms with E-state index in [1.54, 1.807) is 36.4 Å². The van der Waals surface area contributed by atoms with Crippen LogP contribution in [0.5, 0.6) is 0 Å². The van der Waals surface area contributed by atoms with Gasteiger partial charge in [-0.25, -0.2) is 9.37 Å². The number of nitrogens with zero attached hydrogens (tertiary/aromatic N) is 2. The highest BCUT2D eigenvalue weighted by atomic mass is 19.1. The minimum absolute atomic E-state index is 0.0767. The molecule has 1 aromatic heterocycles. The van der Waals surface area contributed by atoms with Gasteiger partial charge in [0.2, 0.25) is 0 Å². The van der Waals surface area contributed by atoms with Gasteiger partial charge in [0.25, 0.3) is 11.8 Å². The number of hydrogen-bond acceptors (Lipinski definition) is 4. The normalized spacial score (nSPS) is 13.5. The molecule has 29 heavy (non-hydrogen) atoms. The van der Waals surface area contributed by atoms with Gasteiger partial charge in [0.05, 0.1) is 5.56 Å². The van der Waals surface area contributed by atoms with Crippen LogP contribution in [-0.4, -0.2) is 34.8 Å². The number of aromatic nitrogens is 1. The van der Waals surface area contributed by atoms with E-state index in [4.69, 9.17) is 4.42 Å². The molecule has 1 N–H and O–H groups in total. The van der Waals surface area contributed by atoms with Gasteiger partial charge in [-0.15, -0.1) is 0 Å². The molecule has 0 spiro atoms. The number of amides is 2. The quantitative estimate of drug-likeness (QED) is 0.718. The smallest absolute Gasteiger partial charge is 0.274 e. The number of carbonyl (C=O) groups excluding carboxylic acids is 2. The summed E-state index contributed by atoms with van der Waals surface area (Å²) in [5.41, 5.74) is 1.88. The number of nitrogens with one attached hydrogen (secondary N) is 1.